The van der Waals surface area contributed by atoms with Gasteiger partial charge in [-0.2, -0.15) is 4.68 Å². The first kappa shape index (κ1) is 23.1. The molecule has 1 aliphatic carbocycles. The van der Waals surface area contributed by atoms with Crippen molar-refractivity contribution in [3.05, 3.63) is 41.5 Å². The van der Waals surface area contributed by atoms with E-state index >= 15 is 0 Å². The highest BCUT2D eigenvalue weighted by atomic mass is 16.5. The van der Waals surface area contributed by atoms with Crippen molar-refractivity contribution in [2.75, 3.05) is 19.7 Å². The first-order chi connectivity index (χ1) is 16.9. The van der Waals surface area contributed by atoms with Crippen LogP contribution < -0.4 is 5.73 Å². The van der Waals surface area contributed by atoms with Crippen molar-refractivity contribution in [3.63, 3.8) is 0 Å². The van der Waals surface area contributed by atoms with E-state index in [2.05, 4.69) is 25.4 Å². The zero-order valence-electron chi connectivity index (χ0n) is 19.6. The fraction of sp³-hybridized carbons (Fsp3) is 0.522. The highest BCUT2D eigenvalue weighted by Gasteiger charge is 2.50. The fourth-order valence-electron chi connectivity index (χ4n) is 5.47. The predicted molar refractivity (Wildman–Crippen MR) is 121 cm³/mol. The summed E-state index contributed by atoms with van der Waals surface area (Å²) in [6.07, 6.45) is 7.03. The molecule has 184 valence electrons. The first-order valence-electron chi connectivity index (χ1n) is 11.8. The normalized spacial score (nSPS) is 24.6. The zero-order chi connectivity index (χ0) is 24.6. The first-order valence-corrected chi connectivity index (χ1v) is 11.8. The number of amides is 2. The lowest BCUT2D eigenvalue weighted by molar-refractivity contribution is -0.138. The molecule has 2 N–H and O–H groups in total. The molecule has 0 bridgehead atoms. The quantitative estimate of drug-likeness (QED) is 0.553. The van der Waals surface area contributed by atoms with Crippen molar-refractivity contribution in [3.8, 4) is 5.82 Å². The van der Waals surface area contributed by atoms with Crippen molar-refractivity contribution in [2.45, 2.75) is 51.6 Å². The predicted octanol–water partition coefficient (Wildman–Crippen LogP) is 0.337. The van der Waals surface area contributed by atoms with E-state index in [-0.39, 0.29) is 37.0 Å². The minimum atomic E-state index is -0.414. The van der Waals surface area contributed by atoms with E-state index in [0.717, 1.165) is 37.7 Å². The van der Waals surface area contributed by atoms with Crippen LogP contribution in [-0.4, -0.2) is 78.5 Å². The number of likely N-dealkylation sites (tertiary alicyclic amines) is 1. The lowest BCUT2D eigenvalue weighted by Gasteiger charge is -2.40. The summed E-state index contributed by atoms with van der Waals surface area (Å²) in [4.78, 5) is 45.3. The van der Waals surface area contributed by atoms with Gasteiger partial charge in [0.05, 0.1) is 23.2 Å². The smallest absolute Gasteiger partial charge is 0.336 e. The molecule has 0 atom stereocenters. The van der Waals surface area contributed by atoms with Crippen molar-refractivity contribution < 1.29 is 19.1 Å². The lowest BCUT2D eigenvalue weighted by Crippen LogP contribution is -2.46. The van der Waals surface area contributed by atoms with Crippen molar-refractivity contribution in [1.82, 2.24) is 35.0 Å². The third kappa shape index (κ3) is 4.41. The molecule has 2 aromatic rings. The Morgan fingerprint density at radius 2 is 2.06 bits per heavy atom. The highest BCUT2D eigenvalue weighted by Crippen LogP contribution is 2.47. The molecule has 0 aromatic carbocycles. The molecule has 0 unspecified atom stereocenters. The van der Waals surface area contributed by atoms with Crippen LogP contribution in [-0.2, 0) is 25.7 Å². The number of hydrogen-bond acceptors (Lipinski definition) is 9. The number of ether oxygens (including phenoxy) is 1. The molecule has 2 aromatic heterocycles. The van der Waals surface area contributed by atoms with Gasteiger partial charge in [-0.3, -0.25) is 14.5 Å². The van der Waals surface area contributed by atoms with Crippen LogP contribution in [0.5, 0.6) is 0 Å². The number of nitrogens with two attached hydrogens (primary N) is 1. The molecule has 2 fully saturated rings. The molecule has 1 saturated carbocycles. The lowest BCUT2D eigenvalue weighted by atomic mass is 9.71. The van der Waals surface area contributed by atoms with Gasteiger partial charge in [-0.1, -0.05) is 6.07 Å². The Hall–Kier alpha value is -3.67. The monoisotopic (exact) mass is 480 g/mol. The fourth-order valence-corrected chi connectivity index (χ4v) is 5.47. The molecule has 3 aliphatic rings. The Morgan fingerprint density at radius 1 is 1.26 bits per heavy atom. The molecule has 2 aliphatic heterocycles. The summed E-state index contributed by atoms with van der Waals surface area (Å²) in [6, 6.07) is 3.89. The van der Waals surface area contributed by atoms with E-state index < -0.39 is 5.41 Å². The number of esters is 1. The SMILES string of the molecule is CC1=C(N2CCC3(CCC(N(CC(N)=O)Cc4ccc(-n5cnnn5)nc4)CC3)C2=O)COC1=O. The van der Waals surface area contributed by atoms with Gasteiger partial charge in [-0.15, -0.1) is 5.10 Å². The summed E-state index contributed by atoms with van der Waals surface area (Å²) < 4.78 is 6.58. The van der Waals surface area contributed by atoms with Gasteiger partial charge in [-0.05, 0) is 61.1 Å². The van der Waals surface area contributed by atoms with Crippen molar-refractivity contribution >= 4 is 17.8 Å². The van der Waals surface area contributed by atoms with Gasteiger partial charge in [0.25, 0.3) is 0 Å². The number of nitrogens with zero attached hydrogens (tertiary/aromatic N) is 7. The number of cyclic esters (lactones) is 1. The Balaban J connectivity index is 1.25. The summed E-state index contributed by atoms with van der Waals surface area (Å²) >= 11 is 0. The maximum atomic E-state index is 13.4. The molecular formula is C23H28N8O4. The average Bonchev–Trinajstić information content (AvgIpc) is 3.57. The molecular weight excluding hydrogens is 452 g/mol. The van der Waals surface area contributed by atoms with Crippen LogP contribution in [0, 0.1) is 5.41 Å². The van der Waals surface area contributed by atoms with Crippen molar-refractivity contribution in [2.24, 2.45) is 11.1 Å². The number of hydrogen-bond donors (Lipinski definition) is 1. The summed E-state index contributed by atoms with van der Waals surface area (Å²) in [5.41, 5.74) is 7.32. The van der Waals surface area contributed by atoms with E-state index in [9.17, 15) is 14.4 Å². The van der Waals surface area contributed by atoms with Crippen LogP contribution in [0.4, 0.5) is 0 Å². The minimum Gasteiger partial charge on any atom is -0.456 e. The Bertz CT molecular complexity index is 1150. The summed E-state index contributed by atoms with van der Waals surface area (Å²) in [6.45, 7) is 3.15. The van der Waals surface area contributed by atoms with Crippen LogP contribution in [0.3, 0.4) is 0 Å². The molecule has 35 heavy (non-hydrogen) atoms. The minimum absolute atomic E-state index is 0.0902. The maximum Gasteiger partial charge on any atom is 0.336 e. The van der Waals surface area contributed by atoms with Crippen LogP contribution >= 0.6 is 0 Å². The second-order valence-corrected chi connectivity index (χ2v) is 9.52. The van der Waals surface area contributed by atoms with Gasteiger partial charge in [0, 0.05) is 25.3 Å². The number of rotatable bonds is 7. The molecule has 12 nitrogen and oxygen atoms in total. The van der Waals surface area contributed by atoms with Gasteiger partial charge in [0.15, 0.2) is 5.82 Å². The number of carbonyl (C=O) groups is 3. The van der Waals surface area contributed by atoms with E-state index in [0.29, 0.717) is 30.2 Å². The molecule has 5 rings (SSSR count). The number of tetrazole rings is 1. The van der Waals surface area contributed by atoms with Crippen LogP contribution in [0.1, 0.15) is 44.6 Å². The Kier molecular flexibility index (Phi) is 6.05. The molecule has 1 saturated heterocycles. The number of aromatic nitrogens is 5. The van der Waals surface area contributed by atoms with Gasteiger partial charge < -0.3 is 15.4 Å². The maximum absolute atomic E-state index is 13.4. The van der Waals surface area contributed by atoms with E-state index in [4.69, 9.17) is 10.5 Å². The van der Waals surface area contributed by atoms with Crippen LogP contribution in [0.2, 0.25) is 0 Å². The number of primary amides is 1. The number of pyridine rings is 1. The molecule has 2 amide bonds. The summed E-state index contributed by atoms with van der Waals surface area (Å²) in [5.74, 6) is -0.0451. The van der Waals surface area contributed by atoms with Crippen LogP contribution in [0.25, 0.3) is 5.82 Å². The Morgan fingerprint density at radius 3 is 2.66 bits per heavy atom. The summed E-state index contributed by atoms with van der Waals surface area (Å²) in [5, 5.41) is 11.1. The third-order valence-corrected chi connectivity index (χ3v) is 7.48. The third-order valence-electron chi connectivity index (χ3n) is 7.48. The number of carbonyl (C=O) groups excluding carboxylic acids is 3. The van der Waals surface area contributed by atoms with Crippen molar-refractivity contribution in [1.29, 1.82) is 0 Å². The second kappa shape index (κ2) is 9.17. The van der Waals surface area contributed by atoms with Gasteiger partial charge in [-0.25, -0.2) is 9.78 Å². The van der Waals surface area contributed by atoms with Gasteiger partial charge >= 0.3 is 5.97 Å². The van der Waals surface area contributed by atoms with E-state index in [1.54, 1.807) is 18.0 Å². The van der Waals surface area contributed by atoms with E-state index in [1.807, 2.05) is 12.1 Å². The molecule has 0 radical (unpaired) electrons. The molecule has 1 spiro atoms. The van der Waals surface area contributed by atoms with E-state index in [1.165, 1.54) is 11.0 Å². The second-order valence-electron chi connectivity index (χ2n) is 9.52. The van der Waals surface area contributed by atoms with Gasteiger partial charge in [0.2, 0.25) is 11.8 Å². The molecule has 4 heterocycles. The standard InChI is InChI=1S/C23H28N8O4/c1-15-18(13-35-21(15)33)30-9-8-23(22(30)34)6-4-17(5-7-23)29(12-19(24)32)11-16-2-3-20(25-10-16)31-14-26-27-28-31/h2-3,10,14,17H,4-9,11-13H2,1H3,(H2,24,32). The topological polar surface area (TPSA) is 149 Å². The molecule has 12 heteroatoms. The average molecular weight is 481 g/mol. The summed E-state index contributed by atoms with van der Waals surface area (Å²) in [7, 11) is 0. The van der Waals surface area contributed by atoms with Crippen LogP contribution in [0.15, 0.2) is 35.9 Å². The Labute approximate surface area is 202 Å². The van der Waals surface area contributed by atoms with Gasteiger partial charge in [0.1, 0.15) is 12.9 Å². The highest BCUT2D eigenvalue weighted by molar-refractivity contribution is 5.94. The zero-order valence-corrected chi connectivity index (χ0v) is 19.6. The largest absolute Gasteiger partial charge is 0.456 e.